The molecule has 0 aliphatic carbocycles. The summed E-state index contributed by atoms with van der Waals surface area (Å²) in [6, 6.07) is 8.89. The third-order valence-corrected chi connectivity index (χ3v) is 3.61. The maximum atomic E-state index is 10.8. The van der Waals surface area contributed by atoms with Crippen molar-refractivity contribution >= 4 is 17.3 Å². The first-order valence-electron chi connectivity index (χ1n) is 5.21. The fourth-order valence-corrected chi connectivity index (χ4v) is 2.44. The minimum Gasteiger partial charge on any atom is -0.493 e. The van der Waals surface area contributed by atoms with Crippen molar-refractivity contribution in [3.05, 3.63) is 35.2 Å². The van der Waals surface area contributed by atoms with Gasteiger partial charge in [0.1, 0.15) is 4.88 Å². The molecule has 0 radical (unpaired) electrons. The van der Waals surface area contributed by atoms with E-state index in [1.807, 2.05) is 12.1 Å². The second kappa shape index (κ2) is 5.10. The molecule has 5 heteroatoms. The molecular formula is C13H12O4S. The topological polar surface area (TPSA) is 55.8 Å². The van der Waals surface area contributed by atoms with Gasteiger partial charge in [-0.05, 0) is 35.9 Å². The largest absolute Gasteiger partial charge is 0.493 e. The predicted molar refractivity (Wildman–Crippen MR) is 69.8 cm³/mol. The van der Waals surface area contributed by atoms with Gasteiger partial charge >= 0.3 is 5.97 Å². The molecule has 1 aromatic carbocycles. The molecule has 4 nitrogen and oxygen atoms in total. The number of hydrogen-bond donors (Lipinski definition) is 1. The number of carbonyl (C=O) groups is 1. The fraction of sp³-hybridized carbons (Fsp3) is 0.154. The van der Waals surface area contributed by atoms with Crippen molar-refractivity contribution < 1.29 is 19.4 Å². The molecule has 0 atom stereocenters. The van der Waals surface area contributed by atoms with Crippen LogP contribution in [0.2, 0.25) is 0 Å². The van der Waals surface area contributed by atoms with Crippen molar-refractivity contribution in [3.8, 4) is 21.9 Å². The van der Waals surface area contributed by atoms with Gasteiger partial charge in [-0.25, -0.2) is 4.79 Å². The molecule has 0 aliphatic heterocycles. The van der Waals surface area contributed by atoms with E-state index in [0.29, 0.717) is 16.4 Å². The maximum absolute atomic E-state index is 10.8. The summed E-state index contributed by atoms with van der Waals surface area (Å²) in [7, 11) is 3.14. The number of methoxy groups -OCH3 is 2. The standard InChI is InChI=1S/C13H12O4S/c1-16-9-4-3-8(7-10(9)17-2)11-5-6-12(18-11)13(14)15/h3-7H,1-2H3,(H,14,15). The summed E-state index contributed by atoms with van der Waals surface area (Å²) >= 11 is 1.23. The summed E-state index contributed by atoms with van der Waals surface area (Å²) in [6.45, 7) is 0. The number of carboxylic acid groups (broad SMARTS) is 1. The predicted octanol–water partition coefficient (Wildman–Crippen LogP) is 3.13. The molecule has 0 unspecified atom stereocenters. The van der Waals surface area contributed by atoms with Crippen molar-refractivity contribution in [3.63, 3.8) is 0 Å². The Bertz CT molecular complexity index is 574. The van der Waals surface area contributed by atoms with Gasteiger partial charge in [0.05, 0.1) is 14.2 Å². The van der Waals surface area contributed by atoms with E-state index in [9.17, 15) is 4.79 Å². The van der Waals surface area contributed by atoms with Crippen LogP contribution in [0.15, 0.2) is 30.3 Å². The molecule has 0 aliphatic rings. The van der Waals surface area contributed by atoms with Crippen molar-refractivity contribution in [2.75, 3.05) is 14.2 Å². The molecule has 1 aromatic heterocycles. The average Bonchev–Trinajstić information content (AvgIpc) is 2.87. The normalized spacial score (nSPS) is 10.1. The Morgan fingerprint density at radius 3 is 2.39 bits per heavy atom. The van der Waals surface area contributed by atoms with Gasteiger partial charge in [0.15, 0.2) is 11.5 Å². The highest BCUT2D eigenvalue weighted by atomic mass is 32.1. The van der Waals surface area contributed by atoms with Crippen molar-refractivity contribution in [2.24, 2.45) is 0 Å². The molecule has 2 aromatic rings. The van der Waals surface area contributed by atoms with Crippen LogP contribution >= 0.6 is 11.3 Å². The van der Waals surface area contributed by atoms with Crippen molar-refractivity contribution in [1.29, 1.82) is 0 Å². The van der Waals surface area contributed by atoms with E-state index in [0.717, 1.165) is 10.4 Å². The van der Waals surface area contributed by atoms with Crippen LogP contribution in [-0.2, 0) is 0 Å². The van der Waals surface area contributed by atoms with E-state index in [2.05, 4.69) is 0 Å². The van der Waals surface area contributed by atoms with Gasteiger partial charge in [-0.3, -0.25) is 0 Å². The van der Waals surface area contributed by atoms with E-state index < -0.39 is 5.97 Å². The van der Waals surface area contributed by atoms with E-state index in [-0.39, 0.29) is 0 Å². The SMILES string of the molecule is COc1ccc(-c2ccc(C(=O)O)s2)cc1OC. The maximum Gasteiger partial charge on any atom is 0.345 e. The Kier molecular flexibility index (Phi) is 3.53. The Balaban J connectivity index is 2.41. The average molecular weight is 264 g/mol. The Morgan fingerprint density at radius 1 is 1.11 bits per heavy atom. The van der Waals surface area contributed by atoms with Crippen molar-refractivity contribution in [1.82, 2.24) is 0 Å². The third kappa shape index (κ3) is 2.31. The van der Waals surface area contributed by atoms with Crippen LogP contribution in [0.25, 0.3) is 10.4 Å². The Morgan fingerprint density at radius 2 is 1.83 bits per heavy atom. The number of thiophene rings is 1. The second-order valence-corrected chi connectivity index (χ2v) is 4.62. The van der Waals surface area contributed by atoms with Gasteiger partial charge < -0.3 is 14.6 Å². The molecule has 2 rings (SSSR count). The molecule has 0 amide bonds. The monoisotopic (exact) mass is 264 g/mol. The van der Waals surface area contributed by atoms with Gasteiger partial charge in [-0.2, -0.15) is 0 Å². The molecular weight excluding hydrogens is 252 g/mol. The van der Waals surface area contributed by atoms with Crippen LogP contribution in [0, 0.1) is 0 Å². The van der Waals surface area contributed by atoms with Crippen molar-refractivity contribution in [2.45, 2.75) is 0 Å². The number of ether oxygens (including phenoxy) is 2. The van der Waals surface area contributed by atoms with Crippen LogP contribution in [0.3, 0.4) is 0 Å². The van der Waals surface area contributed by atoms with Gasteiger partial charge in [0, 0.05) is 4.88 Å². The lowest BCUT2D eigenvalue weighted by atomic mass is 10.1. The molecule has 1 heterocycles. The summed E-state index contributed by atoms with van der Waals surface area (Å²) < 4.78 is 10.4. The van der Waals surface area contributed by atoms with E-state index in [4.69, 9.17) is 14.6 Å². The molecule has 0 spiro atoms. The number of hydrogen-bond acceptors (Lipinski definition) is 4. The fourth-order valence-electron chi connectivity index (χ4n) is 1.60. The highest BCUT2D eigenvalue weighted by molar-refractivity contribution is 7.17. The summed E-state index contributed by atoms with van der Waals surface area (Å²) in [4.78, 5) is 12.0. The van der Waals surface area contributed by atoms with E-state index >= 15 is 0 Å². The minimum absolute atomic E-state index is 0.319. The zero-order valence-corrected chi connectivity index (χ0v) is 10.8. The Labute approximate surface area is 108 Å². The third-order valence-electron chi connectivity index (χ3n) is 2.48. The van der Waals surface area contributed by atoms with Crippen LogP contribution in [0.4, 0.5) is 0 Å². The number of rotatable bonds is 4. The first-order valence-corrected chi connectivity index (χ1v) is 6.03. The second-order valence-electron chi connectivity index (χ2n) is 3.54. The lowest BCUT2D eigenvalue weighted by Gasteiger charge is -2.08. The number of benzene rings is 1. The molecule has 0 saturated heterocycles. The highest BCUT2D eigenvalue weighted by Gasteiger charge is 2.10. The van der Waals surface area contributed by atoms with E-state index in [1.54, 1.807) is 32.4 Å². The van der Waals surface area contributed by atoms with Crippen LogP contribution < -0.4 is 9.47 Å². The summed E-state index contributed by atoms with van der Waals surface area (Å²) in [5, 5.41) is 8.89. The minimum atomic E-state index is -0.910. The van der Waals surface area contributed by atoms with Gasteiger partial charge in [0.25, 0.3) is 0 Å². The zero-order valence-electron chi connectivity index (χ0n) is 9.97. The van der Waals surface area contributed by atoms with Gasteiger partial charge in [-0.15, -0.1) is 11.3 Å². The smallest absolute Gasteiger partial charge is 0.345 e. The molecule has 0 fully saturated rings. The number of carboxylic acids is 1. The van der Waals surface area contributed by atoms with E-state index in [1.165, 1.54) is 11.3 Å². The van der Waals surface area contributed by atoms with Crippen LogP contribution in [0.5, 0.6) is 11.5 Å². The molecule has 0 bridgehead atoms. The first-order chi connectivity index (χ1) is 8.65. The summed E-state index contributed by atoms with van der Waals surface area (Å²) in [5.74, 6) is 0.364. The zero-order chi connectivity index (χ0) is 13.1. The number of aromatic carboxylic acids is 1. The van der Waals surface area contributed by atoms with Crippen LogP contribution in [0.1, 0.15) is 9.67 Å². The Hall–Kier alpha value is -2.01. The lowest BCUT2D eigenvalue weighted by Crippen LogP contribution is -1.90. The molecule has 0 saturated carbocycles. The summed E-state index contributed by atoms with van der Waals surface area (Å²) in [6.07, 6.45) is 0. The van der Waals surface area contributed by atoms with Crippen LogP contribution in [-0.4, -0.2) is 25.3 Å². The highest BCUT2D eigenvalue weighted by Crippen LogP contribution is 2.35. The first kappa shape index (κ1) is 12.4. The van der Waals surface area contributed by atoms with Gasteiger partial charge in [-0.1, -0.05) is 0 Å². The molecule has 1 N–H and O–H groups in total. The molecule has 94 valence electrons. The lowest BCUT2D eigenvalue weighted by molar-refractivity contribution is 0.0702. The summed E-state index contributed by atoms with van der Waals surface area (Å²) in [5.41, 5.74) is 0.908. The molecule has 18 heavy (non-hydrogen) atoms. The quantitative estimate of drug-likeness (QED) is 0.921. The van der Waals surface area contributed by atoms with Gasteiger partial charge in [0.2, 0.25) is 0 Å².